The summed E-state index contributed by atoms with van der Waals surface area (Å²) in [5.41, 5.74) is 0.827. The SMILES string of the molecule is CCN1CCN(CCC(C)(C)C(C)(C)C)CC1. The Labute approximate surface area is 108 Å². The van der Waals surface area contributed by atoms with Crippen LogP contribution < -0.4 is 0 Å². The van der Waals surface area contributed by atoms with Gasteiger partial charge in [0.2, 0.25) is 0 Å². The van der Waals surface area contributed by atoms with Gasteiger partial charge in [0.1, 0.15) is 0 Å². The topological polar surface area (TPSA) is 6.48 Å². The molecule has 0 aliphatic carbocycles. The Morgan fingerprint density at radius 3 is 1.71 bits per heavy atom. The van der Waals surface area contributed by atoms with E-state index in [0.29, 0.717) is 10.8 Å². The first-order chi connectivity index (χ1) is 7.76. The summed E-state index contributed by atoms with van der Waals surface area (Å²) in [4.78, 5) is 5.19. The second kappa shape index (κ2) is 5.71. The van der Waals surface area contributed by atoms with Crippen LogP contribution in [0.1, 0.15) is 48.0 Å². The minimum atomic E-state index is 0.401. The van der Waals surface area contributed by atoms with Gasteiger partial charge in [-0.1, -0.05) is 41.5 Å². The third kappa shape index (κ3) is 4.26. The Kier molecular flexibility index (Phi) is 5.03. The number of nitrogens with zero attached hydrogens (tertiary/aromatic N) is 2. The fraction of sp³-hybridized carbons (Fsp3) is 1.00. The average Bonchev–Trinajstić information content (AvgIpc) is 2.25. The largest absolute Gasteiger partial charge is 0.301 e. The summed E-state index contributed by atoms with van der Waals surface area (Å²) in [6.07, 6.45) is 1.31. The lowest BCUT2D eigenvalue weighted by Gasteiger charge is -2.41. The summed E-state index contributed by atoms with van der Waals surface area (Å²) < 4.78 is 0. The molecule has 0 bridgehead atoms. The molecule has 1 fully saturated rings. The fourth-order valence-electron chi connectivity index (χ4n) is 2.14. The molecule has 1 rings (SSSR count). The van der Waals surface area contributed by atoms with Crippen molar-refractivity contribution < 1.29 is 0 Å². The van der Waals surface area contributed by atoms with Gasteiger partial charge in [0.05, 0.1) is 0 Å². The molecule has 0 atom stereocenters. The molecular formula is C15H32N2. The zero-order chi connectivity index (χ0) is 13.1. The van der Waals surface area contributed by atoms with E-state index in [1.165, 1.54) is 45.7 Å². The number of hydrogen-bond donors (Lipinski definition) is 0. The van der Waals surface area contributed by atoms with E-state index in [4.69, 9.17) is 0 Å². The van der Waals surface area contributed by atoms with E-state index in [0.717, 1.165) is 0 Å². The van der Waals surface area contributed by atoms with Gasteiger partial charge in [-0.25, -0.2) is 0 Å². The highest BCUT2D eigenvalue weighted by Crippen LogP contribution is 2.40. The van der Waals surface area contributed by atoms with Crippen molar-refractivity contribution in [3.8, 4) is 0 Å². The van der Waals surface area contributed by atoms with Gasteiger partial charge >= 0.3 is 0 Å². The molecule has 0 saturated carbocycles. The van der Waals surface area contributed by atoms with Crippen LogP contribution in [-0.4, -0.2) is 49.1 Å². The summed E-state index contributed by atoms with van der Waals surface area (Å²) in [5.74, 6) is 0. The highest BCUT2D eigenvalue weighted by Gasteiger charge is 2.32. The van der Waals surface area contributed by atoms with Crippen LogP contribution in [0.5, 0.6) is 0 Å². The van der Waals surface area contributed by atoms with Crippen molar-refractivity contribution in [2.45, 2.75) is 48.0 Å². The van der Waals surface area contributed by atoms with Gasteiger partial charge in [-0.2, -0.15) is 0 Å². The molecule has 0 aromatic heterocycles. The van der Waals surface area contributed by atoms with E-state index in [9.17, 15) is 0 Å². The van der Waals surface area contributed by atoms with Crippen molar-refractivity contribution in [2.75, 3.05) is 39.3 Å². The van der Waals surface area contributed by atoms with Gasteiger partial charge in [0, 0.05) is 26.2 Å². The number of likely N-dealkylation sites (N-methyl/N-ethyl adjacent to an activating group) is 1. The smallest absolute Gasteiger partial charge is 0.0110 e. The predicted octanol–water partition coefficient (Wildman–Crippen LogP) is 3.09. The van der Waals surface area contributed by atoms with Crippen molar-refractivity contribution in [3.05, 3.63) is 0 Å². The van der Waals surface area contributed by atoms with Gasteiger partial charge in [0.25, 0.3) is 0 Å². The Morgan fingerprint density at radius 1 is 0.824 bits per heavy atom. The second-order valence-electron chi connectivity index (χ2n) is 7.16. The van der Waals surface area contributed by atoms with Gasteiger partial charge < -0.3 is 9.80 Å². The highest BCUT2D eigenvalue weighted by atomic mass is 15.3. The maximum absolute atomic E-state index is 2.64. The molecule has 1 heterocycles. The van der Waals surface area contributed by atoms with Crippen LogP contribution in [0.3, 0.4) is 0 Å². The van der Waals surface area contributed by atoms with Crippen LogP contribution in [0.2, 0.25) is 0 Å². The molecule has 0 N–H and O–H groups in total. The van der Waals surface area contributed by atoms with Crippen LogP contribution in [0.25, 0.3) is 0 Å². The van der Waals surface area contributed by atoms with Crippen molar-refractivity contribution in [1.29, 1.82) is 0 Å². The van der Waals surface area contributed by atoms with Crippen LogP contribution >= 0.6 is 0 Å². The number of piperazine rings is 1. The quantitative estimate of drug-likeness (QED) is 0.745. The monoisotopic (exact) mass is 240 g/mol. The summed E-state index contributed by atoms with van der Waals surface area (Å²) in [7, 11) is 0. The van der Waals surface area contributed by atoms with E-state index < -0.39 is 0 Å². The molecule has 1 aliphatic rings. The number of hydrogen-bond acceptors (Lipinski definition) is 2. The van der Waals surface area contributed by atoms with Gasteiger partial charge in [-0.3, -0.25) is 0 Å². The first kappa shape index (κ1) is 15.0. The molecule has 2 nitrogen and oxygen atoms in total. The van der Waals surface area contributed by atoms with Crippen molar-refractivity contribution in [2.24, 2.45) is 10.8 Å². The van der Waals surface area contributed by atoms with Crippen LogP contribution in [0.4, 0.5) is 0 Å². The van der Waals surface area contributed by atoms with Crippen LogP contribution in [0, 0.1) is 10.8 Å². The molecule has 102 valence electrons. The van der Waals surface area contributed by atoms with Crippen LogP contribution in [-0.2, 0) is 0 Å². The first-order valence-electron chi connectivity index (χ1n) is 7.21. The molecule has 1 saturated heterocycles. The predicted molar refractivity (Wildman–Crippen MR) is 76.4 cm³/mol. The maximum Gasteiger partial charge on any atom is 0.0110 e. The molecule has 17 heavy (non-hydrogen) atoms. The summed E-state index contributed by atoms with van der Waals surface area (Å²) >= 11 is 0. The molecular weight excluding hydrogens is 208 g/mol. The molecule has 0 amide bonds. The van der Waals surface area contributed by atoms with E-state index in [1.54, 1.807) is 0 Å². The summed E-state index contributed by atoms with van der Waals surface area (Å²) in [5, 5.41) is 0. The minimum Gasteiger partial charge on any atom is -0.301 e. The molecule has 0 unspecified atom stereocenters. The number of rotatable bonds is 4. The lowest BCUT2D eigenvalue weighted by Crippen LogP contribution is -2.47. The van der Waals surface area contributed by atoms with E-state index in [1.807, 2.05) is 0 Å². The van der Waals surface area contributed by atoms with Crippen LogP contribution in [0.15, 0.2) is 0 Å². The molecule has 0 aromatic carbocycles. The summed E-state index contributed by atoms with van der Waals surface area (Å²) in [6.45, 7) is 21.7. The lowest BCUT2D eigenvalue weighted by molar-refractivity contribution is 0.0781. The lowest BCUT2D eigenvalue weighted by atomic mass is 9.67. The Bertz CT molecular complexity index is 220. The third-order valence-corrected chi connectivity index (χ3v) is 5.00. The molecule has 0 spiro atoms. The van der Waals surface area contributed by atoms with Gasteiger partial charge in [-0.05, 0) is 30.3 Å². The van der Waals surface area contributed by atoms with E-state index >= 15 is 0 Å². The normalized spacial score (nSPS) is 20.8. The Balaban J connectivity index is 2.33. The second-order valence-corrected chi connectivity index (χ2v) is 7.16. The van der Waals surface area contributed by atoms with Crippen molar-refractivity contribution >= 4 is 0 Å². The summed E-state index contributed by atoms with van der Waals surface area (Å²) in [6, 6.07) is 0. The standard InChI is InChI=1S/C15H32N2/c1-7-16-10-12-17(13-11-16)9-8-15(5,6)14(2,3)4/h7-13H2,1-6H3. The Morgan fingerprint density at radius 2 is 1.29 bits per heavy atom. The molecule has 0 aromatic rings. The van der Waals surface area contributed by atoms with E-state index in [2.05, 4.69) is 51.3 Å². The maximum atomic E-state index is 2.64. The molecule has 2 heteroatoms. The van der Waals surface area contributed by atoms with E-state index in [-0.39, 0.29) is 0 Å². The third-order valence-electron chi connectivity index (χ3n) is 5.00. The zero-order valence-electron chi connectivity index (χ0n) is 12.8. The zero-order valence-corrected chi connectivity index (χ0v) is 12.8. The molecule has 1 aliphatic heterocycles. The van der Waals surface area contributed by atoms with Gasteiger partial charge in [-0.15, -0.1) is 0 Å². The van der Waals surface area contributed by atoms with Crippen molar-refractivity contribution in [1.82, 2.24) is 9.80 Å². The fourth-order valence-corrected chi connectivity index (χ4v) is 2.14. The average molecular weight is 240 g/mol. The minimum absolute atomic E-state index is 0.401. The highest BCUT2D eigenvalue weighted by molar-refractivity contribution is 4.84. The van der Waals surface area contributed by atoms with Crippen molar-refractivity contribution in [3.63, 3.8) is 0 Å². The Hall–Kier alpha value is -0.0800. The van der Waals surface area contributed by atoms with Gasteiger partial charge in [0.15, 0.2) is 0 Å². The molecule has 0 radical (unpaired) electrons. The first-order valence-corrected chi connectivity index (χ1v) is 7.21.